The number of aromatic nitrogens is 2. The average molecular weight is 168 g/mol. The smallest absolute Gasteiger partial charge is 0.131 e. The first kappa shape index (κ1) is 7.76. The van der Waals surface area contributed by atoms with Crippen LogP contribution >= 0.6 is 0 Å². The molecule has 0 bridgehead atoms. The van der Waals surface area contributed by atoms with Gasteiger partial charge >= 0.3 is 0 Å². The molecule has 2 rings (SSSR count). The third kappa shape index (κ3) is 1.04. The van der Waals surface area contributed by atoms with E-state index in [-0.39, 0.29) is 0 Å². The number of aliphatic hydroxyl groups is 1. The Balaban J connectivity index is 2.34. The standard InChI is InChI=1S/C8H12N2O2/c1-10-7(2-4-9-10)8(11)3-5-12-6-8/h2,4,11H,3,5-6H2,1H3. The number of rotatable bonds is 1. The Bertz CT molecular complexity index is 276. The second-order valence-corrected chi connectivity index (χ2v) is 3.17. The average Bonchev–Trinajstić information content (AvgIpc) is 2.59. The van der Waals surface area contributed by atoms with Crippen LogP contribution in [0.15, 0.2) is 12.3 Å². The van der Waals surface area contributed by atoms with Crippen molar-refractivity contribution in [3.8, 4) is 0 Å². The Morgan fingerprint density at radius 2 is 2.58 bits per heavy atom. The summed E-state index contributed by atoms with van der Waals surface area (Å²) in [6, 6.07) is 1.83. The molecule has 66 valence electrons. The van der Waals surface area contributed by atoms with E-state index in [2.05, 4.69) is 5.10 Å². The number of hydrogen-bond donors (Lipinski definition) is 1. The van der Waals surface area contributed by atoms with Gasteiger partial charge in [0.25, 0.3) is 0 Å². The fraction of sp³-hybridized carbons (Fsp3) is 0.625. The van der Waals surface area contributed by atoms with Crippen molar-refractivity contribution < 1.29 is 9.84 Å². The minimum atomic E-state index is -0.814. The molecule has 1 aliphatic rings. The van der Waals surface area contributed by atoms with Crippen LogP contribution in [0.4, 0.5) is 0 Å². The molecule has 2 heterocycles. The van der Waals surface area contributed by atoms with Crippen LogP contribution < -0.4 is 0 Å². The largest absolute Gasteiger partial charge is 0.381 e. The van der Waals surface area contributed by atoms with Crippen LogP contribution in [0, 0.1) is 0 Å². The molecule has 1 saturated heterocycles. The molecule has 1 N–H and O–H groups in total. The van der Waals surface area contributed by atoms with E-state index < -0.39 is 5.60 Å². The monoisotopic (exact) mass is 168 g/mol. The Hall–Kier alpha value is -0.870. The zero-order valence-corrected chi connectivity index (χ0v) is 7.03. The first-order valence-corrected chi connectivity index (χ1v) is 4.01. The Morgan fingerprint density at radius 3 is 3.08 bits per heavy atom. The number of hydrogen-bond acceptors (Lipinski definition) is 3. The van der Waals surface area contributed by atoms with Crippen molar-refractivity contribution in [2.45, 2.75) is 12.0 Å². The molecule has 4 heteroatoms. The first-order valence-electron chi connectivity index (χ1n) is 4.01. The Kier molecular flexibility index (Phi) is 1.66. The van der Waals surface area contributed by atoms with Gasteiger partial charge in [-0.3, -0.25) is 4.68 Å². The number of ether oxygens (including phenoxy) is 1. The summed E-state index contributed by atoms with van der Waals surface area (Å²) in [7, 11) is 1.83. The molecule has 4 nitrogen and oxygen atoms in total. The van der Waals surface area contributed by atoms with Crippen LogP contribution in [-0.4, -0.2) is 28.1 Å². The van der Waals surface area contributed by atoms with Gasteiger partial charge in [-0.05, 0) is 6.07 Å². The summed E-state index contributed by atoms with van der Waals surface area (Å²) in [6.45, 7) is 1.01. The van der Waals surface area contributed by atoms with Gasteiger partial charge in [0, 0.05) is 26.3 Å². The van der Waals surface area contributed by atoms with E-state index in [4.69, 9.17) is 4.74 Å². The lowest BCUT2D eigenvalue weighted by molar-refractivity contribution is 0.0162. The predicted molar refractivity (Wildman–Crippen MR) is 42.5 cm³/mol. The predicted octanol–water partition coefficient (Wildman–Crippen LogP) is 0.0280. The van der Waals surface area contributed by atoms with Crippen molar-refractivity contribution in [3.05, 3.63) is 18.0 Å². The summed E-state index contributed by atoms with van der Waals surface area (Å²) in [5, 5.41) is 14.1. The maximum absolute atomic E-state index is 10.0. The molecule has 1 aromatic heterocycles. The van der Waals surface area contributed by atoms with Crippen molar-refractivity contribution in [2.75, 3.05) is 13.2 Å². The summed E-state index contributed by atoms with van der Waals surface area (Å²) in [6.07, 6.45) is 2.35. The van der Waals surface area contributed by atoms with Gasteiger partial charge in [-0.15, -0.1) is 0 Å². The second kappa shape index (κ2) is 2.57. The summed E-state index contributed by atoms with van der Waals surface area (Å²) in [5.41, 5.74) is 0.0191. The van der Waals surface area contributed by atoms with Crippen molar-refractivity contribution in [2.24, 2.45) is 7.05 Å². The minimum absolute atomic E-state index is 0.381. The van der Waals surface area contributed by atoms with Crippen molar-refractivity contribution in [1.29, 1.82) is 0 Å². The Labute approximate surface area is 70.8 Å². The molecule has 1 aromatic rings. The van der Waals surface area contributed by atoms with Crippen LogP contribution in [0.3, 0.4) is 0 Å². The molecule has 1 unspecified atom stereocenters. The molecule has 0 saturated carbocycles. The van der Waals surface area contributed by atoms with E-state index in [1.165, 1.54) is 0 Å². The lowest BCUT2D eigenvalue weighted by atomic mass is 9.99. The van der Waals surface area contributed by atoms with Crippen LogP contribution in [0.5, 0.6) is 0 Å². The number of nitrogens with zero attached hydrogens (tertiary/aromatic N) is 2. The van der Waals surface area contributed by atoms with Crippen LogP contribution in [0.2, 0.25) is 0 Å². The van der Waals surface area contributed by atoms with Crippen LogP contribution in [-0.2, 0) is 17.4 Å². The first-order chi connectivity index (χ1) is 5.72. The third-order valence-electron chi connectivity index (χ3n) is 2.30. The fourth-order valence-electron chi connectivity index (χ4n) is 1.59. The fourth-order valence-corrected chi connectivity index (χ4v) is 1.59. The molecule has 0 spiro atoms. The van der Waals surface area contributed by atoms with Gasteiger partial charge in [0.15, 0.2) is 0 Å². The zero-order valence-electron chi connectivity index (χ0n) is 7.03. The van der Waals surface area contributed by atoms with Gasteiger partial charge in [0.05, 0.1) is 12.3 Å². The van der Waals surface area contributed by atoms with Crippen LogP contribution in [0.25, 0.3) is 0 Å². The van der Waals surface area contributed by atoms with Gasteiger partial charge < -0.3 is 9.84 Å². The molecule has 0 radical (unpaired) electrons. The van der Waals surface area contributed by atoms with Crippen molar-refractivity contribution in [1.82, 2.24) is 9.78 Å². The molecular weight excluding hydrogens is 156 g/mol. The minimum Gasteiger partial charge on any atom is -0.381 e. The van der Waals surface area contributed by atoms with E-state index in [9.17, 15) is 5.11 Å². The number of aryl methyl sites for hydroxylation is 1. The normalized spacial score (nSPS) is 29.5. The zero-order chi connectivity index (χ0) is 8.60. The molecular formula is C8H12N2O2. The van der Waals surface area contributed by atoms with E-state index >= 15 is 0 Å². The van der Waals surface area contributed by atoms with Gasteiger partial charge in [0.1, 0.15) is 5.60 Å². The topological polar surface area (TPSA) is 47.3 Å². The molecule has 1 atom stereocenters. The highest BCUT2D eigenvalue weighted by Crippen LogP contribution is 2.29. The maximum Gasteiger partial charge on any atom is 0.131 e. The van der Waals surface area contributed by atoms with Crippen molar-refractivity contribution in [3.63, 3.8) is 0 Å². The van der Waals surface area contributed by atoms with Gasteiger partial charge in [-0.2, -0.15) is 5.10 Å². The highest BCUT2D eigenvalue weighted by Gasteiger charge is 2.36. The summed E-state index contributed by atoms with van der Waals surface area (Å²) in [5.74, 6) is 0. The lowest BCUT2D eigenvalue weighted by Gasteiger charge is -2.19. The quantitative estimate of drug-likeness (QED) is 0.643. The molecule has 0 aromatic carbocycles. The SMILES string of the molecule is Cn1nccc1C1(O)CCOC1. The lowest BCUT2D eigenvalue weighted by Crippen LogP contribution is -2.28. The maximum atomic E-state index is 10.0. The van der Waals surface area contributed by atoms with Gasteiger partial charge in [0.2, 0.25) is 0 Å². The van der Waals surface area contributed by atoms with E-state index in [1.807, 2.05) is 13.1 Å². The van der Waals surface area contributed by atoms with Gasteiger partial charge in [-0.25, -0.2) is 0 Å². The highest BCUT2D eigenvalue weighted by molar-refractivity contribution is 5.12. The van der Waals surface area contributed by atoms with E-state index in [1.54, 1.807) is 10.9 Å². The highest BCUT2D eigenvalue weighted by atomic mass is 16.5. The van der Waals surface area contributed by atoms with Crippen molar-refractivity contribution >= 4 is 0 Å². The van der Waals surface area contributed by atoms with Gasteiger partial charge in [-0.1, -0.05) is 0 Å². The summed E-state index contributed by atoms with van der Waals surface area (Å²) in [4.78, 5) is 0. The second-order valence-electron chi connectivity index (χ2n) is 3.17. The molecule has 1 fully saturated rings. The summed E-state index contributed by atoms with van der Waals surface area (Å²) >= 11 is 0. The van der Waals surface area contributed by atoms with E-state index in [0.29, 0.717) is 19.6 Å². The van der Waals surface area contributed by atoms with Crippen LogP contribution in [0.1, 0.15) is 12.1 Å². The van der Waals surface area contributed by atoms with E-state index in [0.717, 1.165) is 5.69 Å². The Morgan fingerprint density at radius 1 is 1.75 bits per heavy atom. The molecule has 0 amide bonds. The molecule has 0 aliphatic carbocycles. The molecule has 1 aliphatic heterocycles. The molecule has 12 heavy (non-hydrogen) atoms. The summed E-state index contributed by atoms with van der Waals surface area (Å²) < 4.78 is 6.84. The third-order valence-corrected chi connectivity index (χ3v) is 2.30.